The van der Waals surface area contributed by atoms with Crippen LogP contribution >= 0.6 is 0 Å². The molecule has 0 aliphatic carbocycles. The van der Waals surface area contributed by atoms with E-state index in [1.165, 1.54) is 0 Å². The lowest BCUT2D eigenvalue weighted by Gasteiger charge is -2.33. The van der Waals surface area contributed by atoms with Gasteiger partial charge in [0.05, 0.1) is 6.61 Å². The van der Waals surface area contributed by atoms with E-state index in [1.54, 1.807) is 19.5 Å². The number of likely N-dealkylation sites (tertiary alicyclic amines) is 1. The van der Waals surface area contributed by atoms with Gasteiger partial charge in [-0.2, -0.15) is 4.98 Å². The van der Waals surface area contributed by atoms with E-state index in [-0.39, 0.29) is 11.9 Å². The highest BCUT2D eigenvalue weighted by Crippen LogP contribution is 2.30. The van der Waals surface area contributed by atoms with E-state index < -0.39 is 0 Å². The molecule has 0 radical (unpaired) electrons. The molecule has 0 spiro atoms. The second-order valence-corrected chi connectivity index (χ2v) is 6.25. The Morgan fingerprint density at radius 1 is 1.40 bits per heavy atom. The van der Waals surface area contributed by atoms with Crippen molar-refractivity contribution in [3.05, 3.63) is 41.8 Å². The second-order valence-electron chi connectivity index (χ2n) is 6.25. The second kappa shape index (κ2) is 8.71. The Balaban J connectivity index is 1.63. The first kappa shape index (κ1) is 17.5. The molecule has 2 aromatic rings. The molecule has 0 N–H and O–H groups in total. The van der Waals surface area contributed by atoms with E-state index >= 15 is 0 Å². The lowest BCUT2D eigenvalue weighted by Crippen LogP contribution is -2.38. The van der Waals surface area contributed by atoms with Crippen molar-refractivity contribution in [1.82, 2.24) is 20.0 Å². The monoisotopic (exact) mass is 344 g/mol. The Bertz CT molecular complexity index is 674. The summed E-state index contributed by atoms with van der Waals surface area (Å²) in [5.74, 6) is 1.30. The molecule has 1 aliphatic heterocycles. The van der Waals surface area contributed by atoms with Crippen molar-refractivity contribution in [2.75, 3.05) is 20.3 Å². The molecule has 1 fully saturated rings. The smallest absolute Gasteiger partial charge is 0.249 e. The largest absolute Gasteiger partial charge is 0.384 e. The Labute approximate surface area is 147 Å². The molecule has 2 aromatic heterocycles. The lowest BCUT2D eigenvalue weighted by atomic mass is 10.0. The average molecular weight is 344 g/mol. The Morgan fingerprint density at radius 3 is 3.12 bits per heavy atom. The van der Waals surface area contributed by atoms with Crippen molar-refractivity contribution in [3.8, 4) is 0 Å². The highest BCUT2D eigenvalue weighted by atomic mass is 16.5. The number of aromatic nitrogens is 3. The van der Waals surface area contributed by atoms with Gasteiger partial charge in [0.2, 0.25) is 11.8 Å². The molecule has 0 aromatic carbocycles. The minimum absolute atomic E-state index is 0.112. The van der Waals surface area contributed by atoms with Gasteiger partial charge in [0.15, 0.2) is 5.82 Å². The molecule has 3 heterocycles. The Kier molecular flexibility index (Phi) is 6.11. The van der Waals surface area contributed by atoms with E-state index in [9.17, 15) is 4.79 Å². The summed E-state index contributed by atoms with van der Waals surface area (Å²) in [5.41, 5.74) is 1.07. The minimum atomic E-state index is -0.112. The van der Waals surface area contributed by atoms with Crippen molar-refractivity contribution in [3.63, 3.8) is 0 Å². The Hall–Kier alpha value is -2.28. The number of piperidine rings is 1. The van der Waals surface area contributed by atoms with Gasteiger partial charge < -0.3 is 14.2 Å². The zero-order chi connectivity index (χ0) is 17.5. The SMILES string of the molecule is COCCc1noc([C@@H]2CCCCN2C(=O)CCc2cccnc2)n1. The van der Waals surface area contributed by atoms with Crippen molar-refractivity contribution in [1.29, 1.82) is 0 Å². The van der Waals surface area contributed by atoms with Crippen molar-refractivity contribution in [2.45, 2.75) is 44.6 Å². The lowest BCUT2D eigenvalue weighted by molar-refractivity contribution is -0.135. The maximum atomic E-state index is 12.7. The van der Waals surface area contributed by atoms with Crippen LogP contribution in [-0.4, -0.2) is 46.2 Å². The van der Waals surface area contributed by atoms with Crippen LogP contribution in [-0.2, 0) is 22.4 Å². The number of rotatable bonds is 7. The van der Waals surface area contributed by atoms with Crippen LogP contribution in [0.15, 0.2) is 29.0 Å². The summed E-state index contributed by atoms with van der Waals surface area (Å²) < 4.78 is 10.5. The third-order valence-corrected chi connectivity index (χ3v) is 4.47. The molecule has 1 aliphatic rings. The summed E-state index contributed by atoms with van der Waals surface area (Å²) in [6.45, 7) is 1.30. The number of carbonyl (C=O) groups excluding carboxylic acids is 1. The topological polar surface area (TPSA) is 81.4 Å². The number of methoxy groups -OCH3 is 1. The third kappa shape index (κ3) is 4.63. The summed E-state index contributed by atoms with van der Waals surface area (Å²) in [6, 6.07) is 3.77. The fourth-order valence-corrected chi connectivity index (χ4v) is 3.13. The van der Waals surface area contributed by atoms with Crippen molar-refractivity contribution >= 4 is 5.91 Å². The summed E-state index contributed by atoms with van der Waals surface area (Å²) in [4.78, 5) is 23.2. The molecule has 3 rings (SSSR count). The summed E-state index contributed by atoms with van der Waals surface area (Å²) in [5, 5.41) is 4.00. The number of carbonyl (C=O) groups is 1. The van der Waals surface area contributed by atoms with Crippen molar-refractivity contribution < 1.29 is 14.1 Å². The van der Waals surface area contributed by atoms with Crippen LogP contribution in [0.2, 0.25) is 0 Å². The maximum Gasteiger partial charge on any atom is 0.249 e. The summed E-state index contributed by atoms with van der Waals surface area (Å²) in [7, 11) is 1.64. The summed E-state index contributed by atoms with van der Waals surface area (Å²) >= 11 is 0. The first-order chi connectivity index (χ1) is 12.3. The highest BCUT2D eigenvalue weighted by molar-refractivity contribution is 5.77. The molecular weight excluding hydrogens is 320 g/mol. The van der Waals surface area contributed by atoms with Gasteiger partial charge in [0.25, 0.3) is 0 Å². The van der Waals surface area contributed by atoms with E-state index in [2.05, 4.69) is 15.1 Å². The zero-order valence-electron chi connectivity index (χ0n) is 14.6. The number of amides is 1. The fourth-order valence-electron chi connectivity index (χ4n) is 3.13. The molecule has 1 amide bonds. The third-order valence-electron chi connectivity index (χ3n) is 4.47. The van der Waals surface area contributed by atoms with Gasteiger partial charge in [-0.15, -0.1) is 0 Å². The maximum absolute atomic E-state index is 12.7. The average Bonchev–Trinajstić information content (AvgIpc) is 3.14. The predicted octanol–water partition coefficient (Wildman–Crippen LogP) is 2.34. The van der Waals surface area contributed by atoms with Crippen LogP contribution in [0.5, 0.6) is 0 Å². The molecule has 1 saturated heterocycles. The molecule has 0 unspecified atom stereocenters. The van der Waals surface area contributed by atoms with Gasteiger partial charge in [-0.3, -0.25) is 9.78 Å². The summed E-state index contributed by atoms with van der Waals surface area (Å²) in [6.07, 6.45) is 8.26. The van der Waals surface area contributed by atoms with Gasteiger partial charge in [-0.25, -0.2) is 0 Å². The first-order valence-corrected chi connectivity index (χ1v) is 8.77. The number of ether oxygens (including phenoxy) is 1. The number of nitrogens with zero attached hydrogens (tertiary/aromatic N) is 4. The Morgan fingerprint density at radius 2 is 2.32 bits per heavy atom. The van der Waals surface area contributed by atoms with Gasteiger partial charge in [0.1, 0.15) is 6.04 Å². The van der Waals surface area contributed by atoms with Crippen LogP contribution in [0.1, 0.15) is 49.0 Å². The molecule has 0 saturated carbocycles. The van der Waals surface area contributed by atoms with E-state index in [0.29, 0.717) is 37.6 Å². The molecule has 7 heteroatoms. The van der Waals surface area contributed by atoms with Crippen molar-refractivity contribution in [2.24, 2.45) is 0 Å². The van der Waals surface area contributed by atoms with E-state index in [0.717, 1.165) is 31.4 Å². The van der Waals surface area contributed by atoms with E-state index in [1.807, 2.05) is 17.0 Å². The van der Waals surface area contributed by atoms with Gasteiger partial charge in [-0.05, 0) is 37.3 Å². The molecular formula is C18H24N4O3. The molecule has 134 valence electrons. The van der Waals surface area contributed by atoms with Crippen LogP contribution in [0.4, 0.5) is 0 Å². The van der Waals surface area contributed by atoms with Crippen LogP contribution in [0, 0.1) is 0 Å². The number of pyridine rings is 1. The quantitative estimate of drug-likeness (QED) is 0.767. The standard InChI is InChI=1S/C18H24N4O3/c1-24-12-9-16-20-18(25-21-16)15-6-2-3-11-22(15)17(23)8-7-14-5-4-10-19-13-14/h4-5,10,13,15H,2-3,6-9,11-12H2,1H3/t15-/m0/s1. The molecule has 1 atom stereocenters. The van der Waals surface area contributed by atoms with Crippen LogP contribution < -0.4 is 0 Å². The van der Waals surface area contributed by atoms with Gasteiger partial charge in [-0.1, -0.05) is 11.2 Å². The number of hydrogen-bond acceptors (Lipinski definition) is 6. The van der Waals surface area contributed by atoms with E-state index in [4.69, 9.17) is 9.26 Å². The van der Waals surface area contributed by atoms with Gasteiger partial charge in [0, 0.05) is 38.9 Å². The molecule has 25 heavy (non-hydrogen) atoms. The minimum Gasteiger partial charge on any atom is -0.384 e. The van der Waals surface area contributed by atoms with Crippen LogP contribution in [0.25, 0.3) is 0 Å². The normalized spacial score (nSPS) is 17.6. The first-order valence-electron chi connectivity index (χ1n) is 8.77. The zero-order valence-corrected chi connectivity index (χ0v) is 14.6. The fraction of sp³-hybridized carbons (Fsp3) is 0.556. The number of hydrogen-bond donors (Lipinski definition) is 0. The highest BCUT2D eigenvalue weighted by Gasteiger charge is 2.31. The van der Waals surface area contributed by atoms with Gasteiger partial charge >= 0.3 is 0 Å². The molecule has 0 bridgehead atoms. The predicted molar refractivity (Wildman–Crippen MR) is 90.7 cm³/mol. The van der Waals surface area contributed by atoms with Crippen LogP contribution in [0.3, 0.4) is 0 Å². The number of aryl methyl sites for hydroxylation is 1. The molecule has 7 nitrogen and oxygen atoms in total.